The Morgan fingerprint density at radius 3 is 2.00 bits per heavy atom. The van der Waals surface area contributed by atoms with Crippen LogP contribution in [0.2, 0.25) is 5.04 Å². The second-order valence-electron chi connectivity index (χ2n) is 5.74. The van der Waals surface area contributed by atoms with Crippen LogP contribution in [0.4, 0.5) is 0 Å². The lowest BCUT2D eigenvalue weighted by atomic mass is 9.82. The van der Waals surface area contributed by atoms with Gasteiger partial charge in [0.25, 0.3) is 0 Å². The van der Waals surface area contributed by atoms with Crippen molar-refractivity contribution in [2.75, 3.05) is 19.8 Å². The average molecular weight is 333 g/mol. The van der Waals surface area contributed by atoms with Gasteiger partial charge in [-0.1, -0.05) is 48.1 Å². The molecular weight excluding hydrogens is 304 g/mol. The van der Waals surface area contributed by atoms with Crippen LogP contribution >= 0.6 is 0 Å². The molecule has 1 aromatic rings. The van der Waals surface area contributed by atoms with E-state index in [1.165, 1.54) is 11.1 Å². The molecule has 4 heteroatoms. The normalized spacial score (nSPS) is 20.7. The molecule has 0 fully saturated rings. The van der Waals surface area contributed by atoms with E-state index in [9.17, 15) is 0 Å². The molecule has 0 bridgehead atoms. The van der Waals surface area contributed by atoms with Gasteiger partial charge in [0.15, 0.2) is 0 Å². The van der Waals surface area contributed by atoms with Crippen molar-refractivity contribution in [1.29, 1.82) is 0 Å². The number of rotatable bonds is 10. The Bertz CT molecular complexity index is 524. The van der Waals surface area contributed by atoms with Gasteiger partial charge in [-0.25, -0.2) is 0 Å². The average Bonchev–Trinajstić information content (AvgIpc) is 2.52. The van der Waals surface area contributed by atoms with Crippen LogP contribution in [0.3, 0.4) is 0 Å². The smallest absolute Gasteiger partial charge is 0.373 e. The lowest BCUT2D eigenvalue weighted by Gasteiger charge is -2.47. The molecule has 0 radical (unpaired) electrons. The lowest BCUT2D eigenvalue weighted by Crippen LogP contribution is -2.57. The molecule has 0 saturated heterocycles. The summed E-state index contributed by atoms with van der Waals surface area (Å²) in [6.45, 7) is 11.8. The molecule has 0 N–H and O–H groups in total. The van der Waals surface area contributed by atoms with Gasteiger partial charge >= 0.3 is 8.80 Å². The summed E-state index contributed by atoms with van der Waals surface area (Å²) < 4.78 is 18.3. The third-order valence-electron chi connectivity index (χ3n) is 4.19. The molecule has 1 unspecified atom stereocenters. The highest BCUT2D eigenvalue weighted by atomic mass is 28.4. The van der Waals surface area contributed by atoms with Crippen LogP contribution in [0.1, 0.15) is 32.8 Å². The number of hydrogen-bond acceptors (Lipinski definition) is 3. The minimum absolute atomic E-state index is 0.293. The Balaban J connectivity index is 2.24. The molecule has 1 aliphatic carbocycles. The third kappa shape index (κ3) is 3.66. The van der Waals surface area contributed by atoms with Gasteiger partial charge in [0.1, 0.15) is 0 Å². The van der Waals surface area contributed by atoms with Crippen molar-refractivity contribution in [1.82, 2.24) is 0 Å². The second-order valence-corrected chi connectivity index (χ2v) is 8.65. The van der Waals surface area contributed by atoms with Gasteiger partial charge in [-0.15, -0.1) is 6.58 Å². The molecule has 23 heavy (non-hydrogen) atoms. The monoisotopic (exact) mass is 332 g/mol. The summed E-state index contributed by atoms with van der Waals surface area (Å²) >= 11 is 0. The summed E-state index contributed by atoms with van der Waals surface area (Å²) in [7, 11) is -2.82. The first-order valence-corrected chi connectivity index (χ1v) is 10.2. The highest BCUT2D eigenvalue weighted by Crippen LogP contribution is 2.56. The van der Waals surface area contributed by atoms with Crippen molar-refractivity contribution in [2.45, 2.75) is 38.7 Å². The summed E-state index contributed by atoms with van der Waals surface area (Å²) in [6.07, 6.45) is 6.10. The van der Waals surface area contributed by atoms with Crippen molar-refractivity contribution in [2.24, 2.45) is 0 Å². The lowest BCUT2D eigenvalue weighted by molar-refractivity contribution is 0.0538. The number of benzene rings is 1. The molecule has 0 saturated carbocycles. The molecule has 2 rings (SSSR count). The zero-order valence-electron chi connectivity index (χ0n) is 14.5. The van der Waals surface area contributed by atoms with Crippen molar-refractivity contribution >= 4 is 8.80 Å². The molecular formula is C19H28O3Si. The van der Waals surface area contributed by atoms with Crippen LogP contribution in [0.15, 0.2) is 54.6 Å². The molecule has 1 atom stereocenters. The summed E-state index contributed by atoms with van der Waals surface area (Å²) in [4.78, 5) is 0. The van der Waals surface area contributed by atoms with Crippen molar-refractivity contribution in [3.8, 4) is 0 Å². The highest BCUT2D eigenvalue weighted by Gasteiger charge is 2.61. The summed E-state index contributed by atoms with van der Waals surface area (Å²) in [5.74, 6) is 0. The molecule has 0 amide bonds. The maximum absolute atomic E-state index is 6.09. The van der Waals surface area contributed by atoms with Crippen molar-refractivity contribution in [3.63, 3.8) is 0 Å². The van der Waals surface area contributed by atoms with E-state index in [1.807, 2.05) is 32.9 Å². The van der Waals surface area contributed by atoms with E-state index >= 15 is 0 Å². The third-order valence-corrected chi connectivity index (χ3v) is 7.86. The Labute approximate surface area is 141 Å². The predicted octanol–water partition coefficient (Wildman–Crippen LogP) is 4.53. The molecule has 0 heterocycles. The molecule has 0 aliphatic heterocycles. The first kappa shape index (κ1) is 18.1. The van der Waals surface area contributed by atoms with Gasteiger partial charge in [0.2, 0.25) is 0 Å². The molecule has 1 aromatic carbocycles. The molecule has 3 nitrogen and oxygen atoms in total. The summed E-state index contributed by atoms with van der Waals surface area (Å²) in [5.41, 5.74) is 2.72. The van der Waals surface area contributed by atoms with Gasteiger partial charge < -0.3 is 13.3 Å². The van der Waals surface area contributed by atoms with Gasteiger partial charge in [0.05, 0.1) is 5.04 Å². The van der Waals surface area contributed by atoms with Crippen LogP contribution in [0.25, 0.3) is 0 Å². The van der Waals surface area contributed by atoms with Gasteiger partial charge in [-0.3, -0.25) is 0 Å². The minimum Gasteiger partial charge on any atom is -0.373 e. The Kier molecular flexibility index (Phi) is 6.36. The zero-order valence-corrected chi connectivity index (χ0v) is 15.5. The fraction of sp³-hybridized carbons (Fsp3) is 0.474. The minimum atomic E-state index is -2.82. The van der Waals surface area contributed by atoms with E-state index < -0.39 is 8.80 Å². The summed E-state index contributed by atoms with van der Waals surface area (Å²) in [6, 6.07) is 10.5. The largest absolute Gasteiger partial charge is 0.515 e. The Morgan fingerprint density at radius 1 is 1.04 bits per heavy atom. The first-order valence-electron chi connectivity index (χ1n) is 8.45. The van der Waals surface area contributed by atoms with Crippen molar-refractivity contribution in [3.05, 3.63) is 60.2 Å². The Hall–Kier alpha value is -1.20. The predicted molar refractivity (Wildman–Crippen MR) is 96.4 cm³/mol. The van der Waals surface area contributed by atoms with Gasteiger partial charge in [0, 0.05) is 19.8 Å². The van der Waals surface area contributed by atoms with E-state index in [2.05, 4.69) is 36.9 Å². The zero-order chi connectivity index (χ0) is 16.8. The Morgan fingerprint density at radius 2 is 1.57 bits per heavy atom. The SMILES string of the molecule is C=CC1([Si](OCC)(OCC)OCC)C=C(Cc2ccccc2)C1. The van der Waals surface area contributed by atoms with Crippen LogP contribution in [0, 0.1) is 0 Å². The van der Waals surface area contributed by atoms with Crippen LogP contribution in [-0.4, -0.2) is 28.6 Å². The maximum atomic E-state index is 6.09. The quantitative estimate of drug-likeness (QED) is 0.465. The van der Waals surface area contributed by atoms with E-state index in [0.717, 1.165) is 12.8 Å². The first-order chi connectivity index (χ1) is 11.1. The fourth-order valence-electron chi connectivity index (χ4n) is 3.23. The highest BCUT2D eigenvalue weighted by molar-refractivity contribution is 6.66. The maximum Gasteiger partial charge on any atom is 0.515 e. The van der Waals surface area contributed by atoms with E-state index in [4.69, 9.17) is 13.3 Å². The number of allylic oxidation sites excluding steroid dienone is 3. The molecule has 0 aromatic heterocycles. The summed E-state index contributed by atoms with van der Waals surface area (Å²) in [5, 5.41) is -0.293. The van der Waals surface area contributed by atoms with Crippen LogP contribution in [0.5, 0.6) is 0 Å². The van der Waals surface area contributed by atoms with Gasteiger partial charge in [-0.05, 0) is 39.2 Å². The number of hydrogen-bond donors (Lipinski definition) is 0. The standard InChI is InChI=1S/C19H28O3Si/c1-5-19(23(20-6-2,21-7-3)22-8-4)15-18(16-19)14-17-12-10-9-11-13-17/h5,9-13,15H,1,6-8,14,16H2,2-4H3. The fourth-order valence-corrected chi connectivity index (χ4v) is 6.50. The van der Waals surface area contributed by atoms with Crippen LogP contribution in [-0.2, 0) is 19.7 Å². The van der Waals surface area contributed by atoms with Crippen molar-refractivity contribution < 1.29 is 13.3 Å². The van der Waals surface area contributed by atoms with E-state index in [1.54, 1.807) is 0 Å². The van der Waals surface area contributed by atoms with Crippen LogP contribution < -0.4 is 0 Å². The van der Waals surface area contributed by atoms with Gasteiger partial charge in [-0.2, -0.15) is 0 Å². The van der Waals surface area contributed by atoms with E-state index in [-0.39, 0.29) is 5.04 Å². The molecule has 1 aliphatic rings. The van der Waals surface area contributed by atoms with E-state index in [0.29, 0.717) is 19.8 Å². The molecule has 126 valence electrons. The topological polar surface area (TPSA) is 27.7 Å². The molecule has 0 spiro atoms. The second kappa shape index (κ2) is 8.06.